The van der Waals surface area contributed by atoms with E-state index in [1.807, 2.05) is 0 Å². The first-order valence-corrected chi connectivity index (χ1v) is 22.0. The summed E-state index contributed by atoms with van der Waals surface area (Å²) in [5.74, 6) is 0. The molecule has 0 aliphatic carbocycles. The van der Waals surface area contributed by atoms with Gasteiger partial charge in [0.2, 0.25) is 0 Å². The monoisotopic (exact) mass is 398 g/mol. The first-order valence-electron chi connectivity index (χ1n) is 8.47. The van der Waals surface area contributed by atoms with Crippen molar-refractivity contribution in [3.8, 4) is 0 Å². The summed E-state index contributed by atoms with van der Waals surface area (Å²) in [6.45, 7) is 22.0. The molecule has 0 N–H and O–H groups in total. The second-order valence-corrected chi connectivity index (χ2v) is 25.3. The van der Waals surface area contributed by atoms with Gasteiger partial charge in [-0.25, -0.2) is 0 Å². The highest BCUT2D eigenvalue weighted by Crippen LogP contribution is 2.22. The Balaban J connectivity index is 4.76. The lowest BCUT2D eigenvalue weighted by Crippen LogP contribution is -2.51. The van der Waals surface area contributed by atoms with Crippen LogP contribution in [0.4, 0.5) is 0 Å². The van der Waals surface area contributed by atoms with Crippen LogP contribution in [0, 0.1) is 0 Å². The minimum absolute atomic E-state index is 1.04. The van der Waals surface area contributed by atoms with E-state index in [1.54, 1.807) is 0 Å². The normalized spacial score (nSPS) is 18.8. The Morgan fingerprint density at radius 2 is 1.05 bits per heavy atom. The van der Waals surface area contributed by atoms with Crippen molar-refractivity contribution in [2.75, 3.05) is 0 Å². The third-order valence-corrected chi connectivity index (χ3v) is 19.1. The van der Waals surface area contributed by atoms with E-state index in [-0.39, 0.29) is 0 Å². The quantitative estimate of drug-likeness (QED) is 0.486. The van der Waals surface area contributed by atoms with Gasteiger partial charge in [0.15, 0.2) is 16.6 Å². The molecule has 0 aliphatic rings. The molecule has 9 heteroatoms. The van der Waals surface area contributed by atoms with E-state index < -0.39 is 43.8 Å². The average Bonchev–Trinajstić information content (AvgIpc) is 2.19. The summed E-state index contributed by atoms with van der Waals surface area (Å²) in [5.41, 5.74) is 0. The number of rotatable bonds is 11. The van der Waals surface area contributed by atoms with Gasteiger partial charge in [-0.1, -0.05) is 19.8 Å². The molecule has 0 aliphatic heterocycles. The third kappa shape index (κ3) is 12.4. The average molecular weight is 399 g/mol. The molecule has 2 atom stereocenters. The van der Waals surface area contributed by atoms with Crippen LogP contribution < -0.4 is 0 Å². The molecule has 0 saturated heterocycles. The molecular weight excluding hydrogens is 361 g/mol. The summed E-state index contributed by atoms with van der Waals surface area (Å²) in [6.07, 6.45) is 2.33. The Kier molecular flexibility index (Phi) is 9.81. The Labute approximate surface area is 145 Å². The summed E-state index contributed by atoms with van der Waals surface area (Å²) in [7, 11) is -8.52. The van der Waals surface area contributed by atoms with Gasteiger partial charge >= 0.3 is 8.56 Å². The van der Waals surface area contributed by atoms with Crippen LogP contribution >= 0.6 is 0 Å². The highest BCUT2D eigenvalue weighted by Gasteiger charge is 2.37. The van der Waals surface area contributed by atoms with E-state index in [1.165, 1.54) is 6.42 Å². The van der Waals surface area contributed by atoms with Crippen molar-refractivity contribution in [3.05, 3.63) is 0 Å². The Bertz CT molecular complexity index is 293. The lowest BCUT2D eigenvalue weighted by Gasteiger charge is -2.36. The predicted molar refractivity (Wildman–Crippen MR) is 108 cm³/mol. The van der Waals surface area contributed by atoms with Crippen LogP contribution in [0.2, 0.25) is 65.0 Å². The molecule has 0 saturated carbocycles. The summed E-state index contributed by atoms with van der Waals surface area (Å²) in [5, 5.41) is 0. The maximum Gasteiger partial charge on any atom is 0.316 e. The lowest BCUT2D eigenvalue weighted by molar-refractivity contribution is 0.319. The molecule has 0 amide bonds. The van der Waals surface area contributed by atoms with Crippen molar-refractivity contribution in [2.45, 2.75) is 84.7 Å². The zero-order chi connectivity index (χ0) is 17.6. The van der Waals surface area contributed by atoms with Gasteiger partial charge in [0.25, 0.3) is 18.6 Å². The summed E-state index contributed by atoms with van der Waals surface area (Å²) >= 11 is 0. The third-order valence-electron chi connectivity index (χ3n) is 2.85. The van der Waals surface area contributed by atoms with Crippen LogP contribution in [-0.4, -0.2) is 43.8 Å². The number of unbranched alkanes of at least 4 members (excludes halogenated alkanes) is 1. The van der Waals surface area contributed by atoms with Gasteiger partial charge < -0.3 is 16.5 Å². The molecule has 4 nitrogen and oxygen atoms in total. The summed E-state index contributed by atoms with van der Waals surface area (Å²) in [6, 6.07) is 1.04. The highest BCUT2D eigenvalue weighted by atomic mass is 28.5. The SMILES string of the molecule is CCCC[Si](C)(O[SiH](C)O[Si](C)(C)C)O[SiH](C)O[Si](C)(C)C. The minimum atomic E-state index is -2.18. The second-order valence-electron chi connectivity index (χ2n) is 8.07. The van der Waals surface area contributed by atoms with E-state index in [0.29, 0.717) is 0 Å². The lowest BCUT2D eigenvalue weighted by atomic mass is 10.4. The largest absolute Gasteiger partial charge is 0.439 e. The fourth-order valence-corrected chi connectivity index (χ4v) is 19.9. The fraction of sp³-hybridized carbons (Fsp3) is 1.00. The topological polar surface area (TPSA) is 36.9 Å². The molecule has 0 aromatic heterocycles. The van der Waals surface area contributed by atoms with Crippen LogP contribution in [0.1, 0.15) is 19.8 Å². The van der Waals surface area contributed by atoms with Gasteiger partial charge in [0, 0.05) is 0 Å². The molecule has 0 aromatic carbocycles. The van der Waals surface area contributed by atoms with Crippen molar-refractivity contribution in [1.82, 2.24) is 0 Å². The second kappa shape index (κ2) is 9.42. The van der Waals surface area contributed by atoms with Gasteiger partial charge in [-0.2, -0.15) is 0 Å². The van der Waals surface area contributed by atoms with E-state index in [4.69, 9.17) is 16.5 Å². The van der Waals surface area contributed by atoms with Crippen LogP contribution in [0.25, 0.3) is 0 Å². The molecule has 0 bridgehead atoms. The van der Waals surface area contributed by atoms with Crippen LogP contribution in [0.5, 0.6) is 0 Å². The first-order chi connectivity index (χ1) is 9.76. The van der Waals surface area contributed by atoms with Crippen LogP contribution in [0.3, 0.4) is 0 Å². The van der Waals surface area contributed by atoms with Crippen molar-refractivity contribution >= 4 is 43.8 Å². The van der Waals surface area contributed by atoms with E-state index >= 15 is 0 Å². The van der Waals surface area contributed by atoms with Gasteiger partial charge in [-0.3, -0.25) is 0 Å². The maximum atomic E-state index is 6.44. The zero-order valence-electron chi connectivity index (χ0n) is 16.4. The Hall–Kier alpha value is 0.924. The number of hydrogen-bond acceptors (Lipinski definition) is 4. The van der Waals surface area contributed by atoms with Crippen LogP contribution in [-0.2, 0) is 16.5 Å². The molecule has 0 heterocycles. The summed E-state index contributed by atoms with van der Waals surface area (Å²) < 4.78 is 25.3. The first kappa shape index (κ1) is 22.9. The molecule has 0 spiro atoms. The van der Waals surface area contributed by atoms with Crippen molar-refractivity contribution < 1.29 is 16.5 Å². The van der Waals surface area contributed by atoms with E-state index in [2.05, 4.69) is 65.8 Å². The van der Waals surface area contributed by atoms with Crippen molar-refractivity contribution in [1.29, 1.82) is 0 Å². The number of hydrogen-bond donors (Lipinski definition) is 0. The van der Waals surface area contributed by atoms with Crippen LogP contribution in [0.15, 0.2) is 0 Å². The zero-order valence-corrected chi connectivity index (χ0v) is 21.7. The molecule has 134 valence electrons. The standard InChI is InChI=1S/C13H38O4Si5/c1-11-12-13-22(10,16-18(2)14-20(4,5)6)17-19(3)15-21(7,8)9/h18-19H,11-13H2,1-10H3. The van der Waals surface area contributed by atoms with Crippen molar-refractivity contribution in [2.24, 2.45) is 0 Å². The molecule has 2 unspecified atom stereocenters. The Morgan fingerprint density at radius 1 is 0.682 bits per heavy atom. The summed E-state index contributed by atoms with van der Waals surface area (Å²) in [4.78, 5) is 0. The molecule has 0 fully saturated rings. The van der Waals surface area contributed by atoms with Gasteiger partial charge in [0.1, 0.15) is 0 Å². The van der Waals surface area contributed by atoms with Gasteiger partial charge in [0.05, 0.1) is 0 Å². The molecular formula is C13H38O4Si5. The fourth-order valence-electron chi connectivity index (χ4n) is 2.39. The van der Waals surface area contributed by atoms with Crippen molar-refractivity contribution in [3.63, 3.8) is 0 Å². The molecule has 0 radical (unpaired) electrons. The van der Waals surface area contributed by atoms with E-state index in [9.17, 15) is 0 Å². The van der Waals surface area contributed by atoms with Gasteiger partial charge in [-0.05, 0) is 65.0 Å². The van der Waals surface area contributed by atoms with E-state index in [0.717, 1.165) is 12.5 Å². The highest BCUT2D eigenvalue weighted by molar-refractivity contribution is 6.83. The minimum Gasteiger partial charge on any atom is -0.439 e. The predicted octanol–water partition coefficient (Wildman–Crippen LogP) is 4.30. The molecule has 0 rings (SSSR count). The Morgan fingerprint density at radius 3 is 1.32 bits per heavy atom. The molecule has 22 heavy (non-hydrogen) atoms. The van der Waals surface area contributed by atoms with Gasteiger partial charge in [-0.15, -0.1) is 0 Å². The smallest absolute Gasteiger partial charge is 0.316 e. The molecule has 0 aromatic rings. The maximum absolute atomic E-state index is 6.44.